The Hall–Kier alpha value is -3.06. The Morgan fingerprint density at radius 3 is 2.32 bits per heavy atom. The molecular weight excluding hydrogens is 394 g/mol. The van der Waals surface area contributed by atoms with Gasteiger partial charge < -0.3 is 24.6 Å². The zero-order valence-corrected chi connectivity index (χ0v) is 18.5. The largest absolute Gasteiger partial charge is 0.493 e. The number of hydrogen-bond acceptors (Lipinski definition) is 5. The first-order valence-corrected chi connectivity index (χ1v) is 10.6. The highest BCUT2D eigenvalue weighted by atomic mass is 16.5. The molecule has 1 aliphatic rings. The van der Waals surface area contributed by atoms with E-state index in [-0.39, 0.29) is 18.4 Å². The van der Waals surface area contributed by atoms with Crippen molar-refractivity contribution in [2.24, 2.45) is 5.92 Å². The highest BCUT2D eigenvalue weighted by molar-refractivity contribution is 5.99. The number of anilines is 2. The number of rotatable bonds is 8. The lowest BCUT2D eigenvalue weighted by Crippen LogP contribution is -2.36. The molecule has 0 atom stereocenters. The Morgan fingerprint density at radius 2 is 1.71 bits per heavy atom. The van der Waals surface area contributed by atoms with E-state index in [4.69, 9.17) is 9.47 Å². The molecule has 3 rings (SSSR count). The fraction of sp³-hybridized carbons (Fsp3) is 0.417. The summed E-state index contributed by atoms with van der Waals surface area (Å²) in [5, 5.41) is 2.85. The van der Waals surface area contributed by atoms with E-state index < -0.39 is 0 Å². The molecule has 2 amide bonds. The van der Waals surface area contributed by atoms with Crippen molar-refractivity contribution in [1.82, 2.24) is 4.90 Å². The number of likely N-dealkylation sites (N-methyl/N-ethyl adjacent to an activating group) is 1. The smallest absolute Gasteiger partial charge is 0.254 e. The van der Waals surface area contributed by atoms with Crippen molar-refractivity contribution in [3.05, 3.63) is 54.1 Å². The number of amides is 2. The Labute approximate surface area is 183 Å². The fourth-order valence-electron chi connectivity index (χ4n) is 3.24. The fourth-order valence-corrected chi connectivity index (χ4v) is 3.24. The summed E-state index contributed by atoms with van der Waals surface area (Å²) in [6.45, 7) is 7.94. The highest BCUT2D eigenvalue weighted by Crippen LogP contribution is 2.19. The SMILES string of the molecule is CC(C)COc1ccc(C(=O)N(C)CC(=O)Nc2ccc(N3CCOCC3)cc2)cc1. The van der Waals surface area contributed by atoms with Crippen LogP contribution in [0.4, 0.5) is 11.4 Å². The van der Waals surface area contributed by atoms with Gasteiger partial charge in [0.15, 0.2) is 0 Å². The standard InChI is InChI=1S/C24H31N3O4/c1-18(2)17-31-22-10-4-19(5-11-22)24(29)26(3)16-23(28)25-20-6-8-21(9-7-20)27-12-14-30-15-13-27/h4-11,18H,12-17H2,1-3H3,(H,25,28). The van der Waals surface area contributed by atoms with Gasteiger partial charge in [-0.05, 0) is 54.4 Å². The van der Waals surface area contributed by atoms with Gasteiger partial charge in [-0.15, -0.1) is 0 Å². The van der Waals surface area contributed by atoms with Crippen LogP contribution >= 0.6 is 0 Å². The second-order valence-corrected chi connectivity index (χ2v) is 8.08. The first-order chi connectivity index (χ1) is 14.9. The van der Waals surface area contributed by atoms with E-state index in [0.29, 0.717) is 23.8 Å². The Kier molecular flexibility index (Phi) is 7.89. The number of nitrogens with zero attached hydrogens (tertiary/aromatic N) is 2. The molecule has 0 spiro atoms. The van der Waals surface area contributed by atoms with Crippen molar-refractivity contribution < 1.29 is 19.1 Å². The van der Waals surface area contributed by atoms with Gasteiger partial charge in [0.25, 0.3) is 5.91 Å². The monoisotopic (exact) mass is 425 g/mol. The van der Waals surface area contributed by atoms with Crippen molar-refractivity contribution in [2.75, 3.05) is 56.7 Å². The van der Waals surface area contributed by atoms with Crippen LogP contribution in [0, 0.1) is 5.92 Å². The third-order valence-electron chi connectivity index (χ3n) is 4.94. The number of morpholine rings is 1. The van der Waals surface area contributed by atoms with Crippen molar-refractivity contribution in [1.29, 1.82) is 0 Å². The van der Waals surface area contributed by atoms with Gasteiger partial charge in [-0.25, -0.2) is 0 Å². The van der Waals surface area contributed by atoms with Gasteiger partial charge in [0, 0.05) is 37.1 Å². The van der Waals surface area contributed by atoms with Gasteiger partial charge in [0.2, 0.25) is 5.91 Å². The summed E-state index contributed by atoms with van der Waals surface area (Å²) in [6, 6.07) is 14.7. The van der Waals surface area contributed by atoms with E-state index in [1.165, 1.54) is 4.90 Å². The number of carbonyl (C=O) groups excluding carboxylic acids is 2. The van der Waals surface area contributed by atoms with Crippen LogP contribution in [-0.4, -0.2) is 63.2 Å². The summed E-state index contributed by atoms with van der Waals surface area (Å²) < 4.78 is 11.0. The molecular formula is C24H31N3O4. The maximum atomic E-state index is 12.6. The van der Waals surface area contributed by atoms with Crippen molar-refractivity contribution in [3.8, 4) is 5.75 Å². The van der Waals surface area contributed by atoms with E-state index in [9.17, 15) is 9.59 Å². The summed E-state index contributed by atoms with van der Waals surface area (Å²) in [5.41, 5.74) is 2.32. The lowest BCUT2D eigenvalue weighted by Gasteiger charge is -2.28. The van der Waals surface area contributed by atoms with Crippen LogP contribution in [0.15, 0.2) is 48.5 Å². The number of hydrogen-bond donors (Lipinski definition) is 1. The maximum Gasteiger partial charge on any atom is 0.254 e. The predicted molar refractivity (Wildman–Crippen MR) is 122 cm³/mol. The van der Waals surface area contributed by atoms with Crippen molar-refractivity contribution in [2.45, 2.75) is 13.8 Å². The molecule has 7 heteroatoms. The molecule has 1 heterocycles. The summed E-state index contributed by atoms with van der Waals surface area (Å²) >= 11 is 0. The summed E-state index contributed by atoms with van der Waals surface area (Å²) in [4.78, 5) is 28.7. The van der Waals surface area contributed by atoms with Crippen LogP contribution in [0.2, 0.25) is 0 Å². The van der Waals surface area contributed by atoms with E-state index >= 15 is 0 Å². The van der Waals surface area contributed by atoms with Crippen LogP contribution < -0.4 is 15.0 Å². The first kappa shape index (κ1) is 22.6. The maximum absolute atomic E-state index is 12.6. The van der Waals surface area contributed by atoms with Gasteiger partial charge in [-0.2, -0.15) is 0 Å². The van der Waals surface area contributed by atoms with Gasteiger partial charge in [-0.1, -0.05) is 13.8 Å². The van der Waals surface area contributed by atoms with Crippen LogP contribution in [-0.2, 0) is 9.53 Å². The molecule has 1 N–H and O–H groups in total. The predicted octanol–water partition coefficient (Wildman–Crippen LogP) is 3.27. The number of carbonyl (C=O) groups is 2. The van der Waals surface area contributed by atoms with Crippen LogP contribution in [0.5, 0.6) is 5.75 Å². The first-order valence-electron chi connectivity index (χ1n) is 10.6. The summed E-state index contributed by atoms with van der Waals surface area (Å²) in [7, 11) is 1.62. The molecule has 2 aromatic rings. The van der Waals surface area contributed by atoms with Crippen LogP contribution in [0.25, 0.3) is 0 Å². The lowest BCUT2D eigenvalue weighted by atomic mass is 10.2. The normalized spacial score (nSPS) is 13.7. The molecule has 1 saturated heterocycles. The molecule has 1 fully saturated rings. The molecule has 166 valence electrons. The average molecular weight is 426 g/mol. The zero-order chi connectivity index (χ0) is 22.2. The van der Waals surface area contributed by atoms with Crippen LogP contribution in [0.3, 0.4) is 0 Å². The highest BCUT2D eigenvalue weighted by Gasteiger charge is 2.16. The lowest BCUT2D eigenvalue weighted by molar-refractivity contribution is -0.116. The van der Waals surface area contributed by atoms with Gasteiger partial charge in [0.05, 0.1) is 26.4 Å². The molecule has 1 aliphatic heterocycles. The molecule has 0 aromatic heterocycles. The molecule has 0 bridgehead atoms. The summed E-state index contributed by atoms with van der Waals surface area (Å²) in [5.74, 6) is 0.702. The Morgan fingerprint density at radius 1 is 1.06 bits per heavy atom. The van der Waals surface area contributed by atoms with Crippen molar-refractivity contribution >= 4 is 23.2 Å². The minimum atomic E-state index is -0.244. The summed E-state index contributed by atoms with van der Waals surface area (Å²) in [6.07, 6.45) is 0. The average Bonchev–Trinajstić information content (AvgIpc) is 2.78. The minimum Gasteiger partial charge on any atom is -0.493 e. The molecule has 31 heavy (non-hydrogen) atoms. The Balaban J connectivity index is 1.49. The molecule has 7 nitrogen and oxygen atoms in total. The Bertz CT molecular complexity index is 859. The van der Waals surface area contributed by atoms with E-state index in [0.717, 1.165) is 37.7 Å². The quantitative estimate of drug-likeness (QED) is 0.703. The molecule has 0 saturated carbocycles. The van der Waals surface area contributed by atoms with Gasteiger partial charge >= 0.3 is 0 Å². The zero-order valence-electron chi connectivity index (χ0n) is 18.5. The molecule has 0 radical (unpaired) electrons. The van der Waals surface area contributed by atoms with Crippen molar-refractivity contribution in [3.63, 3.8) is 0 Å². The molecule has 0 unspecified atom stereocenters. The number of nitrogens with one attached hydrogen (secondary N) is 1. The third-order valence-corrected chi connectivity index (χ3v) is 4.94. The second kappa shape index (κ2) is 10.8. The second-order valence-electron chi connectivity index (χ2n) is 8.08. The topological polar surface area (TPSA) is 71.1 Å². The van der Waals surface area contributed by atoms with E-state index in [1.54, 1.807) is 31.3 Å². The van der Waals surface area contributed by atoms with E-state index in [2.05, 4.69) is 24.1 Å². The van der Waals surface area contributed by atoms with Gasteiger partial charge in [-0.3, -0.25) is 9.59 Å². The molecule has 0 aliphatic carbocycles. The minimum absolute atomic E-state index is 0.0321. The van der Waals surface area contributed by atoms with Crippen LogP contribution in [0.1, 0.15) is 24.2 Å². The van der Waals surface area contributed by atoms with Gasteiger partial charge in [0.1, 0.15) is 5.75 Å². The van der Waals surface area contributed by atoms with E-state index in [1.807, 2.05) is 24.3 Å². The number of benzene rings is 2. The third kappa shape index (κ3) is 6.72. The number of ether oxygens (including phenoxy) is 2. The molecule has 2 aromatic carbocycles.